The van der Waals surface area contributed by atoms with Gasteiger partial charge in [-0.05, 0) is 43.0 Å². The lowest BCUT2D eigenvalue weighted by atomic mass is 9.74. The number of anilines is 1. The molecule has 1 unspecified atom stereocenters. The van der Waals surface area contributed by atoms with Gasteiger partial charge in [-0.1, -0.05) is 56.3 Å². The molecule has 1 atom stereocenters. The Kier molecular flexibility index (Phi) is 7.55. The second-order valence-electron chi connectivity index (χ2n) is 9.93. The molecular formula is C29H32N2O6. The molecule has 8 heteroatoms. The third-order valence-electron chi connectivity index (χ3n) is 6.47. The molecule has 1 aliphatic rings. The van der Waals surface area contributed by atoms with Crippen LogP contribution in [-0.2, 0) is 10.2 Å². The van der Waals surface area contributed by atoms with Crippen molar-refractivity contribution in [3.63, 3.8) is 0 Å². The van der Waals surface area contributed by atoms with Crippen LogP contribution in [0.25, 0.3) is 10.8 Å². The van der Waals surface area contributed by atoms with E-state index in [-0.39, 0.29) is 6.42 Å². The zero-order valence-electron chi connectivity index (χ0n) is 21.6. The molecule has 0 saturated carbocycles. The monoisotopic (exact) mass is 504 g/mol. The highest BCUT2D eigenvalue weighted by Crippen LogP contribution is 2.43. The number of hydrogen-bond donors (Lipinski definition) is 2. The Morgan fingerprint density at radius 2 is 1.95 bits per heavy atom. The van der Waals surface area contributed by atoms with Gasteiger partial charge in [0.1, 0.15) is 13.2 Å². The Labute approximate surface area is 216 Å². The molecule has 0 spiro atoms. The molecule has 4 rings (SSSR count). The van der Waals surface area contributed by atoms with E-state index in [0.717, 1.165) is 18.4 Å². The van der Waals surface area contributed by atoms with Crippen molar-refractivity contribution in [1.29, 1.82) is 0 Å². The lowest BCUT2D eigenvalue weighted by molar-refractivity contribution is -0.130. The van der Waals surface area contributed by atoms with Gasteiger partial charge in [-0.3, -0.25) is 4.79 Å². The third kappa shape index (κ3) is 5.62. The van der Waals surface area contributed by atoms with Gasteiger partial charge in [0, 0.05) is 29.5 Å². The van der Waals surface area contributed by atoms with Gasteiger partial charge in [0.2, 0.25) is 5.60 Å². The Balaban J connectivity index is 1.67. The van der Waals surface area contributed by atoms with E-state index in [0.29, 0.717) is 53.3 Å². The molecule has 0 fully saturated rings. The van der Waals surface area contributed by atoms with Gasteiger partial charge in [-0.25, -0.2) is 4.79 Å². The summed E-state index contributed by atoms with van der Waals surface area (Å²) < 4.78 is 16.4. The van der Waals surface area contributed by atoms with Crippen LogP contribution in [-0.4, -0.2) is 35.0 Å². The average Bonchev–Trinajstić information content (AvgIpc) is 2.88. The van der Waals surface area contributed by atoms with Crippen molar-refractivity contribution in [2.45, 2.75) is 64.4 Å². The minimum absolute atomic E-state index is 0.0164. The number of nitrogens with zero attached hydrogens (tertiary/aromatic N) is 1. The molecule has 0 aliphatic carbocycles. The van der Waals surface area contributed by atoms with E-state index in [4.69, 9.17) is 14.0 Å². The van der Waals surface area contributed by atoms with E-state index in [2.05, 4.69) is 29.2 Å². The molecule has 3 aromatic rings. The molecule has 8 nitrogen and oxygen atoms in total. The highest BCUT2D eigenvalue weighted by atomic mass is 16.6. The average molecular weight is 505 g/mol. The summed E-state index contributed by atoms with van der Waals surface area (Å²) in [5.74, 6) is 6.47. The maximum atomic E-state index is 13.6. The van der Waals surface area contributed by atoms with Crippen molar-refractivity contribution in [1.82, 2.24) is 5.16 Å². The van der Waals surface area contributed by atoms with E-state index in [1.165, 1.54) is 0 Å². The van der Waals surface area contributed by atoms with Crippen molar-refractivity contribution in [2.75, 3.05) is 18.5 Å². The van der Waals surface area contributed by atoms with Crippen LogP contribution in [0.1, 0.15) is 57.7 Å². The number of nitrogens with one attached hydrogen (secondary N) is 1. The number of carbonyl (C=O) groups excluding carboxylic acids is 1. The summed E-state index contributed by atoms with van der Waals surface area (Å²) in [7, 11) is 0. The summed E-state index contributed by atoms with van der Waals surface area (Å²) in [4.78, 5) is 25.6. The fourth-order valence-electron chi connectivity index (χ4n) is 4.54. The summed E-state index contributed by atoms with van der Waals surface area (Å²) in [6.07, 6.45) is 2.41. The largest absolute Gasteiger partial charge is 0.486 e. The molecule has 37 heavy (non-hydrogen) atoms. The van der Waals surface area contributed by atoms with Gasteiger partial charge in [0.05, 0.1) is 11.1 Å². The molecule has 1 aliphatic heterocycles. The Morgan fingerprint density at radius 3 is 2.73 bits per heavy atom. The standard InChI is InChI=1S/C29H32N2O6/c1-5-6-7-8-14-29(34,18-28(3,4)23-10-9-11-24-25(23)36-16-15-35-24)27(33)30-20-12-13-21-22(17-20)19(2)31-37-26(21)32/h9-13,17,34H,5-7,15-16,18H2,1-4H3,(H,30,33). The first-order valence-corrected chi connectivity index (χ1v) is 12.5. The van der Waals surface area contributed by atoms with Crippen LogP contribution in [0.4, 0.5) is 5.69 Å². The maximum Gasteiger partial charge on any atom is 0.366 e. The number of aliphatic hydroxyl groups is 1. The molecule has 1 amide bonds. The van der Waals surface area contributed by atoms with Crippen LogP contribution in [0, 0.1) is 18.8 Å². The lowest BCUT2D eigenvalue weighted by Crippen LogP contribution is -2.46. The number of carbonyl (C=O) groups is 1. The first-order valence-electron chi connectivity index (χ1n) is 12.5. The predicted octanol–water partition coefficient (Wildman–Crippen LogP) is 4.50. The Hall–Kier alpha value is -3.83. The number of hydrogen-bond acceptors (Lipinski definition) is 7. The summed E-state index contributed by atoms with van der Waals surface area (Å²) in [6.45, 7) is 8.54. The topological polar surface area (TPSA) is 111 Å². The van der Waals surface area contributed by atoms with Gasteiger partial charge < -0.3 is 24.4 Å². The lowest BCUT2D eigenvalue weighted by Gasteiger charge is -2.35. The summed E-state index contributed by atoms with van der Waals surface area (Å²) in [5.41, 5.74) is -1.50. The Morgan fingerprint density at radius 1 is 1.16 bits per heavy atom. The summed E-state index contributed by atoms with van der Waals surface area (Å²) >= 11 is 0. The third-order valence-corrected chi connectivity index (χ3v) is 6.47. The highest BCUT2D eigenvalue weighted by molar-refractivity contribution is 6.01. The van der Waals surface area contributed by atoms with Gasteiger partial charge in [0.15, 0.2) is 11.5 Å². The molecule has 2 heterocycles. The molecule has 0 radical (unpaired) electrons. The highest BCUT2D eigenvalue weighted by Gasteiger charge is 2.42. The van der Waals surface area contributed by atoms with Crippen LogP contribution in [0.2, 0.25) is 0 Å². The minimum atomic E-state index is -1.99. The zero-order valence-corrected chi connectivity index (χ0v) is 21.6. The second-order valence-corrected chi connectivity index (χ2v) is 9.93. The van der Waals surface area contributed by atoms with Crippen molar-refractivity contribution in [3.8, 4) is 23.3 Å². The van der Waals surface area contributed by atoms with E-state index < -0.39 is 22.5 Å². The molecule has 1 aromatic heterocycles. The van der Waals surface area contributed by atoms with E-state index in [9.17, 15) is 14.7 Å². The summed E-state index contributed by atoms with van der Waals surface area (Å²) in [6, 6.07) is 10.4. The Bertz CT molecular complexity index is 1430. The van der Waals surface area contributed by atoms with E-state index >= 15 is 0 Å². The maximum absolute atomic E-state index is 13.6. The van der Waals surface area contributed by atoms with Crippen LogP contribution in [0.15, 0.2) is 45.7 Å². The number of para-hydroxylation sites is 1. The molecule has 0 bridgehead atoms. The number of fused-ring (bicyclic) bond motifs is 2. The van der Waals surface area contributed by atoms with Gasteiger partial charge in [0.25, 0.3) is 5.91 Å². The van der Waals surface area contributed by atoms with Crippen LogP contribution >= 0.6 is 0 Å². The molecular weight excluding hydrogens is 472 g/mol. The number of aromatic nitrogens is 1. The van der Waals surface area contributed by atoms with Gasteiger partial charge >= 0.3 is 5.63 Å². The van der Waals surface area contributed by atoms with Crippen LogP contribution in [0.5, 0.6) is 11.5 Å². The molecule has 0 saturated heterocycles. The second kappa shape index (κ2) is 10.7. The first kappa shape index (κ1) is 26.2. The van der Waals surface area contributed by atoms with Crippen molar-refractivity contribution >= 4 is 22.4 Å². The van der Waals surface area contributed by atoms with Gasteiger partial charge in [-0.2, -0.15) is 0 Å². The zero-order chi connectivity index (χ0) is 26.6. The van der Waals surface area contributed by atoms with Crippen molar-refractivity contribution < 1.29 is 23.9 Å². The first-order chi connectivity index (χ1) is 17.6. The van der Waals surface area contributed by atoms with Crippen molar-refractivity contribution in [3.05, 3.63) is 58.1 Å². The van der Waals surface area contributed by atoms with Crippen molar-refractivity contribution in [2.24, 2.45) is 0 Å². The fraction of sp³-hybridized carbons (Fsp3) is 0.414. The quantitative estimate of drug-likeness (QED) is 0.360. The number of amides is 1. The smallest absolute Gasteiger partial charge is 0.366 e. The predicted molar refractivity (Wildman–Crippen MR) is 141 cm³/mol. The van der Waals surface area contributed by atoms with E-state index in [1.54, 1.807) is 25.1 Å². The fourth-order valence-corrected chi connectivity index (χ4v) is 4.54. The normalized spacial score (nSPS) is 14.4. The number of aryl methyl sites for hydroxylation is 1. The van der Waals surface area contributed by atoms with Crippen LogP contribution < -0.4 is 20.4 Å². The number of rotatable bonds is 7. The molecule has 2 aromatic carbocycles. The number of ether oxygens (including phenoxy) is 2. The van der Waals surface area contributed by atoms with Crippen LogP contribution in [0.3, 0.4) is 0 Å². The SMILES string of the molecule is CCCCC#CC(O)(CC(C)(C)c1cccc2c1OCCO2)C(=O)Nc1ccc2c(=O)onc(C)c2c1. The number of benzene rings is 2. The summed E-state index contributed by atoms with van der Waals surface area (Å²) in [5, 5.41) is 19.2. The van der Waals surface area contributed by atoms with E-state index in [1.807, 2.05) is 32.0 Å². The number of unbranched alkanes of at least 4 members (excludes halogenated alkanes) is 2. The molecule has 194 valence electrons. The van der Waals surface area contributed by atoms with Gasteiger partial charge in [-0.15, -0.1) is 0 Å². The molecule has 2 N–H and O–H groups in total. The minimum Gasteiger partial charge on any atom is -0.486 e.